The van der Waals surface area contributed by atoms with Crippen molar-refractivity contribution >= 4 is 17.5 Å². The molecule has 1 atom stereocenters. The molecule has 1 aromatic carbocycles. The fourth-order valence-electron chi connectivity index (χ4n) is 2.29. The van der Waals surface area contributed by atoms with Gasteiger partial charge in [0.2, 0.25) is 0 Å². The zero-order chi connectivity index (χ0) is 17.0. The Morgan fingerprint density at radius 1 is 1.35 bits per heavy atom. The van der Waals surface area contributed by atoms with E-state index in [9.17, 15) is 9.90 Å². The highest BCUT2D eigenvalue weighted by Gasteiger charge is 2.17. The van der Waals surface area contributed by atoms with Crippen LogP contribution in [-0.4, -0.2) is 29.7 Å². The predicted octanol–water partition coefficient (Wildman–Crippen LogP) is 2.82. The van der Waals surface area contributed by atoms with E-state index in [1.165, 1.54) is 0 Å². The fraction of sp³-hybridized carbons (Fsp3) is 0.294. The van der Waals surface area contributed by atoms with Crippen molar-refractivity contribution in [1.29, 1.82) is 0 Å². The number of aryl methyl sites for hydroxylation is 2. The van der Waals surface area contributed by atoms with Gasteiger partial charge in [0.25, 0.3) is 5.91 Å². The first-order valence-corrected chi connectivity index (χ1v) is 7.54. The average molecular weight is 335 g/mol. The molecule has 0 saturated carbocycles. The summed E-state index contributed by atoms with van der Waals surface area (Å²) in [5.74, 6) is 0.352. The number of amides is 1. The highest BCUT2D eigenvalue weighted by Crippen LogP contribution is 2.20. The smallest absolute Gasteiger partial charge is 0.254 e. The number of nitrogens with zero attached hydrogens (tertiary/aromatic N) is 1. The second kappa shape index (κ2) is 7.44. The van der Waals surface area contributed by atoms with Crippen LogP contribution in [-0.2, 0) is 0 Å². The normalized spacial score (nSPS) is 11.9. The monoisotopic (exact) mass is 334 g/mol. The molecule has 0 spiro atoms. The summed E-state index contributed by atoms with van der Waals surface area (Å²) in [5, 5.41) is 13.0. The average Bonchev–Trinajstić information content (AvgIpc) is 2.51. The van der Waals surface area contributed by atoms with E-state index in [4.69, 9.17) is 16.3 Å². The largest absolute Gasteiger partial charge is 0.497 e. The van der Waals surface area contributed by atoms with Crippen LogP contribution in [0, 0.1) is 13.8 Å². The molecule has 2 N–H and O–H groups in total. The van der Waals surface area contributed by atoms with Crippen molar-refractivity contribution in [3.05, 3.63) is 57.9 Å². The first kappa shape index (κ1) is 17.2. The van der Waals surface area contributed by atoms with Crippen LogP contribution in [0.25, 0.3) is 0 Å². The summed E-state index contributed by atoms with van der Waals surface area (Å²) in [5.41, 5.74) is 2.52. The molecule has 0 radical (unpaired) electrons. The molecule has 122 valence electrons. The maximum atomic E-state index is 12.3. The summed E-state index contributed by atoms with van der Waals surface area (Å²) < 4.78 is 5.07. The Labute approximate surface area is 140 Å². The third-order valence-electron chi connectivity index (χ3n) is 3.48. The van der Waals surface area contributed by atoms with E-state index in [0.717, 1.165) is 11.3 Å². The lowest BCUT2D eigenvalue weighted by Gasteiger charge is -2.14. The zero-order valence-corrected chi connectivity index (χ0v) is 14.0. The van der Waals surface area contributed by atoms with Crippen LogP contribution >= 0.6 is 11.6 Å². The summed E-state index contributed by atoms with van der Waals surface area (Å²) in [6.45, 7) is 3.69. The molecule has 0 saturated heterocycles. The predicted molar refractivity (Wildman–Crippen MR) is 89.0 cm³/mol. The van der Waals surface area contributed by atoms with Crippen molar-refractivity contribution in [1.82, 2.24) is 10.3 Å². The third-order valence-corrected chi connectivity index (χ3v) is 3.76. The number of hydrogen-bond acceptors (Lipinski definition) is 4. The number of halogens is 1. The van der Waals surface area contributed by atoms with Crippen LogP contribution in [0.2, 0.25) is 5.15 Å². The number of aliphatic hydroxyl groups is 1. The first-order valence-electron chi connectivity index (χ1n) is 7.16. The molecule has 6 heteroatoms. The number of carbonyl (C=O) groups excluding carboxylic acids is 1. The lowest BCUT2D eigenvalue weighted by atomic mass is 10.1. The van der Waals surface area contributed by atoms with Crippen molar-refractivity contribution in [3.63, 3.8) is 0 Å². The van der Waals surface area contributed by atoms with Crippen molar-refractivity contribution in [3.8, 4) is 5.75 Å². The van der Waals surface area contributed by atoms with Gasteiger partial charge in [0.1, 0.15) is 10.9 Å². The van der Waals surface area contributed by atoms with Gasteiger partial charge in [0.05, 0.1) is 18.8 Å². The van der Waals surface area contributed by atoms with Crippen LogP contribution in [0.15, 0.2) is 30.3 Å². The zero-order valence-electron chi connectivity index (χ0n) is 13.3. The number of pyridine rings is 1. The molecular weight excluding hydrogens is 316 g/mol. The van der Waals surface area contributed by atoms with Gasteiger partial charge in [-0.3, -0.25) is 4.79 Å². The van der Waals surface area contributed by atoms with Gasteiger partial charge in [-0.05, 0) is 43.2 Å². The summed E-state index contributed by atoms with van der Waals surface area (Å²) in [6, 6.07) is 8.81. The highest BCUT2D eigenvalue weighted by molar-refractivity contribution is 6.32. The lowest BCUT2D eigenvalue weighted by Crippen LogP contribution is -2.29. The van der Waals surface area contributed by atoms with Crippen molar-refractivity contribution in [2.75, 3.05) is 13.7 Å². The number of aromatic nitrogens is 1. The number of methoxy groups -OCH3 is 1. The number of rotatable bonds is 5. The maximum absolute atomic E-state index is 12.3. The van der Waals surface area contributed by atoms with Crippen LogP contribution in [0.1, 0.15) is 33.3 Å². The fourth-order valence-corrected chi connectivity index (χ4v) is 2.65. The van der Waals surface area contributed by atoms with Gasteiger partial charge in [-0.1, -0.05) is 23.7 Å². The summed E-state index contributed by atoms with van der Waals surface area (Å²) in [6.07, 6.45) is -0.817. The van der Waals surface area contributed by atoms with E-state index in [0.29, 0.717) is 16.9 Å². The van der Waals surface area contributed by atoms with E-state index < -0.39 is 6.10 Å². The molecule has 0 aliphatic heterocycles. The van der Waals surface area contributed by atoms with Gasteiger partial charge in [-0.2, -0.15) is 0 Å². The van der Waals surface area contributed by atoms with Gasteiger partial charge < -0.3 is 15.2 Å². The molecule has 0 aliphatic rings. The van der Waals surface area contributed by atoms with Gasteiger partial charge >= 0.3 is 0 Å². The Morgan fingerprint density at radius 3 is 2.57 bits per heavy atom. The molecule has 5 nitrogen and oxygen atoms in total. The van der Waals surface area contributed by atoms with Crippen molar-refractivity contribution in [2.45, 2.75) is 20.0 Å². The van der Waals surface area contributed by atoms with Gasteiger partial charge in [0, 0.05) is 12.2 Å². The minimum atomic E-state index is -0.817. The number of carbonyl (C=O) groups is 1. The summed E-state index contributed by atoms with van der Waals surface area (Å²) in [4.78, 5) is 16.4. The van der Waals surface area contributed by atoms with E-state index in [-0.39, 0.29) is 17.6 Å². The molecular formula is C17H19ClN2O3. The van der Waals surface area contributed by atoms with Crippen molar-refractivity contribution in [2.24, 2.45) is 0 Å². The number of aliphatic hydroxyl groups excluding tert-OH is 1. The first-order chi connectivity index (χ1) is 10.9. The molecule has 1 heterocycles. The van der Waals surface area contributed by atoms with Gasteiger partial charge in [-0.15, -0.1) is 0 Å². The SMILES string of the molecule is COc1ccc(C(O)CNC(=O)c2c(C)cc(C)nc2Cl)cc1. The van der Waals surface area contributed by atoms with Crippen LogP contribution in [0.3, 0.4) is 0 Å². The topological polar surface area (TPSA) is 71.5 Å². The maximum Gasteiger partial charge on any atom is 0.254 e. The minimum absolute atomic E-state index is 0.0782. The van der Waals surface area contributed by atoms with Gasteiger partial charge in [0.15, 0.2) is 0 Å². The Kier molecular flexibility index (Phi) is 5.58. The Balaban J connectivity index is 2.03. The molecule has 1 unspecified atom stereocenters. The van der Waals surface area contributed by atoms with Crippen molar-refractivity contribution < 1.29 is 14.6 Å². The standard InChI is InChI=1S/C17H19ClN2O3/c1-10-8-11(2)20-16(18)15(10)17(22)19-9-14(21)12-4-6-13(23-3)7-5-12/h4-8,14,21H,9H2,1-3H3,(H,19,22). The number of nitrogens with one attached hydrogen (secondary N) is 1. The van der Waals surface area contributed by atoms with Crippen LogP contribution in [0.4, 0.5) is 0 Å². The minimum Gasteiger partial charge on any atom is -0.497 e. The third kappa shape index (κ3) is 4.21. The molecule has 23 heavy (non-hydrogen) atoms. The van der Waals surface area contributed by atoms with Crippen LogP contribution in [0.5, 0.6) is 5.75 Å². The molecule has 0 aliphatic carbocycles. The number of benzene rings is 1. The molecule has 0 fully saturated rings. The molecule has 0 bridgehead atoms. The Bertz CT molecular complexity index is 678. The molecule has 2 rings (SSSR count). The summed E-state index contributed by atoms with van der Waals surface area (Å²) in [7, 11) is 1.58. The Hall–Kier alpha value is -2.11. The molecule has 2 aromatic rings. The number of hydrogen-bond donors (Lipinski definition) is 2. The van der Waals surface area contributed by atoms with E-state index in [2.05, 4.69) is 10.3 Å². The highest BCUT2D eigenvalue weighted by atomic mass is 35.5. The quantitative estimate of drug-likeness (QED) is 0.825. The van der Waals surface area contributed by atoms with E-state index in [1.807, 2.05) is 6.92 Å². The molecule has 1 aromatic heterocycles. The second-order valence-corrected chi connectivity index (χ2v) is 5.60. The second-order valence-electron chi connectivity index (χ2n) is 5.25. The van der Waals surface area contributed by atoms with E-state index >= 15 is 0 Å². The Morgan fingerprint density at radius 2 is 2.00 bits per heavy atom. The van der Waals surface area contributed by atoms with E-state index in [1.54, 1.807) is 44.4 Å². The molecule has 1 amide bonds. The van der Waals surface area contributed by atoms with Gasteiger partial charge in [-0.25, -0.2) is 4.98 Å². The summed E-state index contributed by atoms with van der Waals surface area (Å²) >= 11 is 6.05. The van der Waals surface area contributed by atoms with Crippen LogP contribution < -0.4 is 10.1 Å². The lowest BCUT2D eigenvalue weighted by molar-refractivity contribution is 0.0915. The number of ether oxygens (including phenoxy) is 1.